The van der Waals surface area contributed by atoms with Gasteiger partial charge in [-0.1, -0.05) is 54.6 Å². The first-order valence-electron chi connectivity index (χ1n) is 19.8. The van der Waals surface area contributed by atoms with E-state index < -0.39 is 5.69 Å². The van der Waals surface area contributed by atoms with Crippen molar-refractivity contribution in [1.82, 2.24) is 34.9 Å². The number of phenolic OH excluding ortho intramolecular Hbond substituents is 2. The molecular formula is C44H42ClN11O5. The van der Waals surface area contributed by atoms with Crippen LogP contribution in [0.4, 0.5) is 17.5 Å². The van der Waals surface area contributed by atoms with Crippen molar-refractivity contribution in [2.45, 2.75) is 38.4 Å². The minimum Gasteiger partial charge on any atom is -0.508 e. The molecule has 0 spiro atoms. The van der Waals surface area contributed by atoms with Crippen LogP contribution in [-0.4, -0.2) is 90.4 Å². The van der Waals surface area contributed by atoms with Crippen LogP contribution >= 0.6 is 11.6 Å². The first kappa shape index (κ1) is 40.4. The van der Waals surface area contributed by atoms with Gasteiger partial charge >= 0.3 is 5.69 Å². The molecular weight excluding hydrogens is 798 g/mol. The highest BCUT2D eigenvalue weighted by molar-refractivity contribution is 6.36. The van der Waals surface area contributed by atoms with Crippen LogP contribution in [0.5, 0.6) is 11.5 Å². The predicted octanol–water partition coefficient (Wildman–Crippen LogP) is 5.03. The number of aromatic nitrogens is 5. The molecule has 0 aliphatic carbocycles. The quantitative estimate of drug-likeness (QED) is 0.103. The number of benzene rings is 4. The zero-order valence-electron chi connectivity index (χ0n) is 33.0. The third-order valence-electron chi connectivity index (χ3n) is 11.0. The second-order valence-corrected chi connectivity index (χ2v) is 15.2. The van der Waals surface area contributed by atoms with Gasteiger partial charge in [0.2, 0.25) is 17.8 Å². The molecule has 61 heavy (non-hydrogen) atoms. The molecule has 4 heterocycles. The highest BCUT2D eigenvalue weighted by Crippen LogP contribution is 2.37. The molecule has 6 aromatic rings. The summed E-state index contributed by atoms with van der Waals surface area (Å²) in [5, 5.41) is 45.0. The molecule has 0 bridgehead atoms. The van der Waals surface area contributed by atoms with Gasteiger partial charge in [-0.3, -0.25) is 9.59 Å². The van der Waals surface area contributed by atoms with Crippen LogP contribution in [0.3, 0.4) is 0 Å². The molecule has 8 rings (SSSR count). The molecule has 4 aromatic carbocycles. The van der Waals surface area contributed by atoms with Crippen LogP contribution in [0.1, 0.15) is 29.7 Å². The van der Waals surface area contributed by atoms with E-state index in [1.807, 2.05) is 30.3 Å². The Kier molecular flexibility index (Phi) is 11.6. The molecule has 0 saturated carbocycles. The molecule has 1 fully saturated rings. The summed E-state index contributed by atoms with van der Waals surface area (Å²) < 4.78 is 1.31. The molecule has 310 valence electrons. The Hall–Kier alpha value is -7.38. The number of amides is 2. The number of rotatable bonds is 12. The van der Waals surface area contributed by atoms with Crippen LogP contribution in [0, 0.1) is 11.3 Å². The fourth-order valence-electron chi connectivity index (χ4n) is 8.00. The summed E-state index contributed by atoms with van der Waals surface area (Å²) in [6, 6.07) is 24.9. The molecule has 2 aliphatic rings. The van der Waals surface area contributed by atoms with Crippen molar-refractivity contribution < 1.29 is 19.8 Å². The SMILES string of the molecule is C=CC(=O)N1CCN(c2nc(NCCC(=O)NCc3ccc(-n4c(-c5ccc(O)cc5O)n[nH]c4=O)cc3)nc3c2CCN(c2cccc4cccc(Cl)c24)C3)C[C@@H]1CC#N. The summed E-state index contributed by atoms with van der Waals surface area (Å²) >= 11 is 6.73. The first-order valence-corrected chi connectivity index (χ1v) is 20.2. The Morgan fingerprint density at radius 3 is 2.59 bits per heavy atom. The summed E-state index contributed by atoms with van der Waals surface area (Å²) in [7, 11) is 0. The van der Waals surface area contributed by atoms with Crippen molar-refractivity contribution in [2.24, 2.45) is 0 Å². The number of hydrogen-bond donors (Lipinski definition) is 5. The number of H-pyrrole nitrogens is 1. The van der Waals surface area contributed by atoms with Gasteiger partial charge < -0.3 is 35.5 Å². The summed E-state index contributed by atoms with van der Waals surface area (Å²) in [5.41, 5.74) is 3.88. The van der Waals surface area contributed by atoms with Crippen LogP contribution in [-0.2, 0) is 29.1 Å². The van der Waals surface area contributed by atoms with Gasteiger partial charge in [-0.15, -0.1) is 0 Å². The number of nitriles is 1. The van der Waals surface area contributed by atoms with Crippen LogP contribution in [0.15, 0.2) is 96.3 Å². The fraction of sp³-hybridized carbons (Fsp3) is 0.250. The minimum atomic E-state index is -0.510. The Morgan fingerprint density at radius 2 is 1.82 bits per heavy atom. The summed E-state index contributed by atoms with van der Waals surface area (Å²) in [4.78, 5) is 54.5. The van der Waals surface area contributed by atoms with Crippen molar-refractivity contribution >= 4 is 51.6 Å². The highest BCUT2D eigenvalue weighted by atomic mass is 35.5. The maximum atomic E-state index is 13.1. The van der Waals surface area contributed by atoms with Crippen molar-refractivity contribution in [1.29, 1.82) is 5.26 Å². The maximum Gasteiger partial charge on any atom is 0.348 e. The predicted molar refractivity (Wildman–Crippen MR) is 232 cm³/mol. The van der Waals surface area contributed by atoms with Crippen molar-refractivity contribution in [2.75, 3.05) is 47.8 Å². The largest absolute Gasteiger partial charge is 0.508 e. The monoisotopic (exact) mass is 839 g/mol. The van der Waals surface area contributed by atoms with Gasteiger partial charge in [-0.25, -0.2) is 19.4 Å². The zero-order chi connectivity index (χ0) is 42.6. The lowest BCUT2D eigenvalue weighted by atomic mass is 10.0. The van der Waals surface area contributed by atoms with Crippen LogP contribution < -0.4 is 26.1 Å². The van der Waals surface area contributed by atoms with Crippen molar-refractivity contribution in [3.05, 3.63) is 124 Å². The number of nitrogens with one attached hydrogen (secondary N) is 3. The number of carbonyl (C=O) groups excluding carboxylic acids is 2. The number of anilines is 3. The number of carbonyl (C=O) groups is 2. The van der Waals surface area contributed by atoms with Gasteiger partial charge in [-0.2, -0.15) is 15.3 Å². The lowest BCUT2D eigenvalue weighted by molar-refractivity contribution is -0.128. The standard InChI is InChI=1S/C44H42ClN11O5/c1-2-39(60)55-22-21-54(25-30(55)15-18-46)41-32-17-20-53(36-8-4-6-28-5-3-7-34(45)40(28)36)26-35(32)49-43(50-41)47-19-16-38(59)48-24-27-9-11-29(12-10-27)56-42(51-52-44(56)61)33-14-13-31(57)23-37(33)58/h2-14,23,30,57-58H,1,15-17,19-22,24-26H2,(H,48,59)(H,52,61)(H,47,49,50)/t30-/m0/s1. The number of phenols is 2. The molecule has 2 amide bonds. The third-order valence-corrected chi connectivity index (χ3v) is 11.3. The fourth-order valence-corrected chi connectivity index (χ4v) is 8.28. The van der Waals surface area contributed by atoms with Gasteiger partial charge in [0.05, 0.1) is 47.0 Å². The number of aromatic amines is 1. The second kappa shape index (κ2) is 17.5. The normalized spacial score (nSPS) is 15.0. The molecule has 17 heteroatoms. The van der Waals surface area contributed by atoms with Crippen molar-refractivity contribution in [3.8, 4) is 34.6 Å². The number of halogens is 1. The smallest absolute Gasteiger partial charge is 0.348 e. The number of fused-ring (bicyclic) bond motifs is 2. The Morgan fingerprint density at radius 1 is 1.02 bits per heavy atom. The van der Waals surface area contributed by atoms with E-state index >= 15 is 0 Å². The number of nitrogens with zero attached hydrogens (tertiary/aromatic N) is 8. The van der Waals surface area contributed by atoms with Gasteiger partial charge in [0, 0.05) is 68.4 Å². The van der Waals surface area contributed by atoms with Gasteiger partial charge in [0.25, 0.3) is 0 Å². The number of piperazine rings is 1. The average Bonchev–Trinajstić information content (AvgIpc) is 3.65. The summed E-state index contributed by atoms with van der Waals surface area (Å²) in [6.45, 7) is 6.68. The van der Waals surface area contributed by atoms with Gasteiger partial charge in [-0.05, 0) is 59.8 Å². The van der Waals surface area contributed by atoms with E-state index in [1.54, 1.807) is 29.2 Å². The van der Waals surface area contributed by atoms with Crippen molar-refractivity contribution in [3.63, 3.8) is 0 Å². The Balaban J connectivity index is 0.964. The number of aromatic hydroxyl groups is 2. The number of hydrogen-bond acceptors (Lipinski definition) is 12. The molecule has 5 N–H and O–H groups in total. The van der Waals surface area contributed by atoms with Gasteiger partial charge in [0.15, 0.2) is 5.82 Å². The molecule has 16 nitrogen and oxygen atoms in total. The second-order valence-electron chi connectivity index (χ2n) is 14.8. The maximum absolute atomic E-state index is 13.1. The van der Waals surface area contributed by atoms with Crippen LogP contribution in [0.25, 0.3) is 27.8 Å². The minimum absolute atomic E-state index is 0.124. The topological polar surface area (TPSA) is 209 Å². The average molecular weight is 840 g/mol. The van der Waals surface area contributed by atoms with E-state index in [4.69, 9.17) is 21.6 Å². The zero-order valence-corrected chi connectivity index (χ0v) is 33.8. The molecule has 1 saturated heterocycles. The third kappa shape index (κ3) is 8.41. The molecule has 1 atom stereocenters. The molecule has 2 aromatic heterocycles. The molecule has 2 aliphatic heterocycles. The van der Waals surface area contributed by atoms with E-state index in [9.17, 15) is 29.9 Å². The van der Waals surface area contributed by atoms with E-state index in [2.05, 4.69) is 49.3 Å². The van der Waals surface area contributed by atoms with Crippen LogP contribution in [0.2, 0.25) is 5.02 Å². The van der Waals surface area contributed by atoms with E-state index in [1.165, 1.54) is 28.8 Å². The Labute approximate surface area is 355 Å². The summed E-state index contributed by atoms with van der Waals surface area (Å²) in [6.07, 6.45) is 2.24. The van der Waals surface area contributed by atoms with E-state index in [0.717, 1.165) is 39.1 Å². The highest BCUT2D eigenvalue weighted by Gasteiger charge is 2.33. The van der Waals surface area contributed by atoms with Gasteiger partial charge in [0.1, 0.15) is 17.3 Å². The molecule has 0 unspecified atom stereocenters. The molecule has 0 radical (unpaired) electrons. The van der Waals surface area contributed by atoms with E-state index in [0.29, 0.717) is 55.8 Å². The lowest BCUT2D eigenvalue weighted by Gasteiger charge is -2.42. The Bertz CT molecular complexity index is 2740. The van der Waals surface area contributed by atoms with E-state index in [-0.39, 0.29) is 66.7 Å². The lowest BCUT2D eigenvalue weighted by Crippen LogP contribution is -2.55. The summed E-state index contributed by atoms with van der Waals surface area (Å²) in [5.74, 6) is 0.516. The first-order chi connectivity index (χ1) is 29.6.